The second-order valence-electron chi connectivity index (χ2n) is 4.54. The van der Waals surface area contributed by atoms with Crippen molar-refractivity contribution < 1.29 is 18.3 Å². The molecular weight excluding hydrogens is 240 g/mol. The normalized spacial score (nSPS) is 18.2. The third-order valence-corrected chi connectivity index (χ3v) is 3.50. The third-order valence-electron chi connectivity index (χ3n) is 3.50. The summed E-state index contributed by atoms with van der Waals surface area (Å²) in [5.41, 5.74) is -0.0902. The number of carbonyl (C=O) groups excluding carboxylic acids is 1. The minimum absolute atomic E-state index is 0.313. The summed E-state index contributed by atoms with van der Waals surface area (Å²) in [6, 6.07) is 3.32. The number of halogens is 2. The molecule has 1 aromatic carbocycles. The fourth-order valence-electron chi connectivity index (χ4n) is 2.40. The summed E-state index contributed by atoms with van der Waals surface area (Å²) in [4.78, 5) is 11.8. The van der Waals surface area contributed by atoms with E-state index in [9.17, 15) is 13.6 Å². The Balaban J connectivity index is 2.34. The Morgan fingerprint density at radius 2 is 2.06 bits per heavy atom. The maximum atomic E-state index is 13.2. The summed E-state index contributed by atoms with van der Waals surface area (Å²) in [5.74, 6) is -2.11. The number of rotatable bonds is 4. The summed E-state index contributed by atoms with van der Waals surface area (Å²) in [7, 11) is 3.02. The van der Waals surface area contributed by atoms with Gasteiger partial charge in [0.2, 0.25) is 0 Å². The van der Waals surface area contributed by atoms with Gasteiger partial charge < -0.3 is 10.1 Å². The predicted molar refractivity (Wildman–Crippen MR) is 61.8 cm³/mol. The Hall–Kier alpha value is -1.49. The van der Waals surface area contributed by atoms with Crippen molar-refractivity contribution in [2.45, 2.75) is 18.9 Å². The zero-order valence-corrected chi connectivity index (χ0v) is 10.3. The highest BCUT2D eigenvalue weighted by Crippen LogP contribution is 2.55. The molecule has 0 saturated heterocycles. The van der Waals surface area contributed by atoms with E-state index in [2.05, 4.69) is 5.32 Å². The molecule has 2 rings (SSSR count). The average Bonchev–Trinajstić information content (AvgIpc) is 3.15. The van der Waals surface area contributed by atoms with E-state index in [4.69, 9.17) is 4.74 Å². The molecule has 1 unspecified atom stereocenters. The maximum Gasteiger partial charge on any atom is 0.313 e. The zero-order chi connectivity index (χ0) is 13.3. The van der Waals surface area contributed by atoms with E-state index in [0.717, 1.165) is 12.1 Å². The van der Waals surface area contributed by atoms with Gasteiger partial charge in [-0.05, 0) is 37.6 Å². The van der Waals surface area contributed by atoms with Crippen LogP contribution in [0.3, 0.4) is 0 Å². The lowest BCUT2D eigenvalue weighted by Gasteiger charge is -2.25. The molecule has 1 aliphatic carbocycles. The van der Waals surface area contributed by atoms with Crippen LogP contribution < -0.4 is 5.32 Å². The van der Waals surface area contributed by atoms with Gasteiger partial charge in [-0.15, -0.1) is 0 Å². The highest BCUT2D eigenvalue weighted by Gasteiger charge is 2.56. The number of carbonyl (C=O) groups is 1. The lowest BCUT2D eigenvalue weighted by atomic mass is 9.90. The molecule has 98 valence electrons. The number of nitrogens with one attached hydrogen (secondary N) is 1. The number of ether oxygens (including phenoxy) is 1. The van der Waals surface area contributed by atoms with E-state index in [1.807, 2.05) is 0 Å². The van der Waals surface area contributed by atoms with Crippen molar-refractivity contribution >= 4 is 5.97 Å². The summed E-state index contributed by atoms with van der Waals surface area (Å²) < 4.78 is 31.0. The van der Waals surface area contributed by atoms with Crippen molar-refractivity contribution in [1.82, 2.24) is 5.32 Å². The summed E-state index contributed by atoms with van der Waals surface area (Å²) in [6.07, 6.45) is 1.37. The number of hydrogen-bond acceptors (Lipinski definition) is 3. The molecule has 1 aliphatic rings. The lowest BCUT2D eigenvalue weighted by molar-refractivity contribution is -0.148. The van der Waals surface area contributed by atoms with Crippen molar-refractivity contribution in [2.24, 2.45) is 5.41 Å². The van der Waals surface area contributed by atoms with Crippen molar-refractivity contribution in [3.8, 4) is 0 Å². The van der Waals surface area contributed by atoms with E-state index in [1.165, 1.54) is 13.2 Å². The molecule has 0 bridgehead atoms. The van der Waals surface area contributed by atoms with Crippen molar-refractivity contribution in [3.05, 3.63) is 35.4 Å². The van der Waals surface area contributed by atoms with Gasteiger partial charge in [-0.2, -0.15) is 0 Å². The van der Waals surface area contributed by atoms with Crippen molar-refractivity contribution in [3.63, 3.8) is 0 Å². The van der Waals surface area contributed by atoms with E-state index < -0.39 is 17.0 Å². The topological polar surface area (TPSA) is 38.3 Å². The van der Waals surface area contributed by atoms with Crippen LogP contribution in [0.5, 0.6) is 0 Å². The van der Waals surface area contributed by atoms with Gasteiger partial charge >= 0.3 is 5.97 Å². The molecule has 0 heterocycles. The van der Waals surface area contributed by atoms with Crippen LogP contribution in [0.4, 0.5) is 8.78 Å². The summed E-state index contributed by atoms with van der Waals surface area (Å²) in [5, 5.41) is 2.99. The largest absolute Gasteiger partial charge is 0.469 e. The Morgan fingerprint density at radius 3 is 2.50 bits per heavy atom. The standard InChI is InChI=1S/C13H15F2NO2/c1-16-11(13(5-6-13)12(17)18-2)8-3-4-9(14)10(15)7-8/h3-4,7,11,16H,5-6H2,1-2H3. The molecule has 3 nitrogen and oxygen atoms in total. The Morgan fingerprint density at radius 1 is 1.39 bits per heavy atom. The van der Waals surface area contributed by atoms with Crippen LogP contribution in [-0.2, 0) is 9.53 Å². The Kier molecular flexibility index (Phi) is 3.34. The van der Waals surface area contributed by atoms with Crippen LogP contribution in [0.1, 0.15) is 24.4 Å². The minimum atomic E-state index is -0.909. The molecule has 1 fully saturated rings. The molecule has 0 aliphatic heterocycles. The fourth-order valence-corrected chi connectivity index (χ4v) is 2.40. The second kappa shape index (κ2) is 4.65. The summed E-state index contributed by atoms with van der Waals surface area (Å²) in [6.45, 7) is 0. The van der Waals surface area contributed by atoms with Gasteiger partial charge in [-0.1, -0.05) is 6.07 Å². The number of esters is 1. The third kappa shape index (κ3) is 1.99. The molecule has 1 N–H and O–H groups in total. The first kappa shape index (κ1) is 13.0. The molecule has 0 spiro atoms. The van der Waals surface area contributed by atoms with Crippen LogP contribution in [-0.4, -0.2) is 20.1 Å². The maximum absolute atomic E-state index is 13.2. The monoisotopic (exact) mass is 255 g/mol. The van der Waals surface area contributed by atoms with Gasteiger partial charge in [-0.25, -0.2) is 8.78 Å². The van der Waals surface area contributed by atoms with Crippen LogP contribution in [0, 0.1) is 17.0 Å². The predicted octanol–water partition coefficient (Wildman–Crippen LogP) is 2.18. The van der Waals surface area contributed by atoms with Gasteiger partial charge in [0.05, 0.1) is 12.5 Å². The van der Waals surface area contributed by atoms with Gasteiger partial charge in [0.25, 0.3) is 0 Å². The van der Waals surface area contributed by atoms with Crippen molar-refractivity contribution in [1.29, 1.82) is 0 Å². The molecule has 1 saturated carbocycles. The van der Waals surface area contributed by atoms with Crippen LogP contribution >= 0.6 is 0 Å². The molecule has 0 radical (unpaired) electrons. The molecule has 1 aromatic rings. The first-order valence-corrected chi connectivity index (χ1v) is 5.76. The van der Waals surface area contributed by atoms with E-state index in [-0.39, 0.29) is 12.0 Å². The van der Waals surface area contributed by atoms with Gasteiger partial charge in [0.1, 0.15) is 0 Å². The zero-order valence-electron chi connectivity index (χ0n) is 10.3. The molecule has 0 amide bonds. The first-order valence-electron chi connectivity index (χ1n) is 5.76. The Labute approximate surface area is 104 Å². The number of hydrogen-bond donors (Lipinski definition) is 1. The van der Waals surface area contributed by atoms with Gasteiger partial charge in [0.15, 0.2) is 11.6 Å². The Bertz CT molecular complexity index is 472. The van der Waals surface area contributed by atoms with E-state index >= 15 is 0 Å². The average molecular weight is 255 g/mol. The molecule has 18 heavy (non-hydrogen) atoms. The highest BCUT2D eigenvalue weighted by molar-refractivity contribution is 5.81. The van der Waals surface area contributed by atoms with E-state index in [1.54, 1.807) is 7.05 Å². The molecule has 5 heteroatoms. The highest BCUT2D eigenvalue weighted by atomic mass is 19.2. The minimum Gasteiger partial charge on any atom is -0.469 e. The van der Waals surface area contributed by atoms with Gasteiger partial charge in [0, 0.05) is 6.04 Å². The summed E-state index contributed by atoms with van der Waals surface area (Å²) >= 11 is 0. The van der Waals surface area contributed by atoms with Gasteiger partial charge in [-0.3, -0.25) is 4.79 Å². The number of methoxy groups -OCH3 is 1. The van der Waals surface area contributed by atoms with Crippen LogP contribution in [0.2, 0.25) is 0 Å². The SMILES string of the molecule is CNC(c1ccc(F)c(F)c1)C1(C(=O)OC)CC1. The molecule has 1 atom stereocenters. The smallest absolute Gasteiger partial charge is 0.313 e. The molecular formula is C13H15F2NO2. The van der Waals surface area contributed by atoms with Crippen LogP contribution in [0.25, 0.3) is 0 Å². The molecule has 0 aromatic heterocycles. The van der Waals surface area contributed by atoms with Crippen molar-refractivity contribution in [2.75, 3.05) is 14.2 Å². The first-order chi connectivity index (χ1) is 8.55. The lowest BCUT2D eigenvalue weighted by Crippen LogP contribution is -2.33. The number of benzene rings is 1. The fraction of sp³-hybridized carbons (Fsp3) is 0.462. The second-order valence-corrected chi connectivity index (χ2v) is 4.54. The quantitative estimate of drug-likeness (QED) is 0.838. The van der Waals surface area contributed by atoms with E-state index in [0.29, 0.717) is 18.4 Å². The van der Waals surface area contributed by atoms with Crippen LogP contribution in [0.15, 0.2) is 18.2 Å².